The number of alkyl carbamates (subject to hydrolysis) is 1. The van der Waals surface area contributed by atoms with Gasteiger partial charge in [-0.1, -0.05) is 48.0 Å². The largest absolute Gasteiger partial charge is 0.445 e. The number of nitrogens with one attached hydrogen (secondary N) is 1. The van der Waals surface area contributed by atoms with E-state index in [-0.39, 0.29) is 6.61 Å². The second-order valence-corrected chi connectivity index (χ2v) is 5.43. The van der Waals surface area contributed by atoms with Gasteiger partial charge in [0.25, 0.3) is 0 Å². The summed E-state index contributed by atoms with van der Waals surface area (Å²) >= 11 is 9.24. The third-order valence-corrected chi connectivity index (χ3v) is 3.85. The third kappa shape index (κ3) is 4.54. The van der Waals surface area contributed by atoms with E-state index in [2.05, 4.69) is 21.2 Å². The summed E-state index contributed by atoms with van der Waals surface area (Å²) in [5.74, 6) is 0. The van der Waals surface area contributed by atoms with Gasteiger partial charge in [-0.2, -0.15) is 0 Å². The molecular weight excluding hydrogens is 342 g/mol. The van der Waals surface area contributed by atoms with Crippen LogP contribution >= 0.6 is 27.5 Å². The number of benzene rings is 2. The monoisotopic (exact) mass is 353 g/mol. The standard InChI is InChI=1S/C15H13BrClNO2/c16-13-8-12(6-7-14(13)17)9-18-15(19)20-10-11-4-2-1-3-5-11/h1-8H,9-10H2,(H,18,19). The molecule has 104 valence electrons. The van der Waals surface area contributed by atoms with Gasteiger partial charge < -0.3 is 10.1 Å². The number of amides is 1. The average Bonchev–Trinajstić information content (AvgIpc) is 2.47. The van der Waals surface area contributed by atoms with Crippen LogP contribution in [0.4, 0.5) is 4.79 Å². The van der Waals surface area contributed by atoms with Crippen molar-refractivity contribution in [3.8, 4) is 0 Å². The van der Waals surface area contributed by atoms with Crippen molar-refractivity contribution in [3.63, 3.8) is 0 Å². The number of hydrogen-bond donors (Lipinski definition) is 1. The molecule has 0 fully saturated rings. The minimum absolute atomic E-state index is 0.261. The van der Waals surface area contributed by atoms with Gasteiger partial charge in [-0.3, -0.25) is 0 Å². The van der Waals surface area contributed by atoms with E-state index in [0.29, 0.717) is 11.6 Å². The number of carbonyl (C=O) groups is 1. The summed E-state index contributed by atoms with van der Waals surface area (Å²) in [6.45, 7) is 0.653. The molecule has 2 rings (SSSR count). The van der Waals surface area contributed by atoms with Crippen molar-refractivity contribution in [2.45, 2.75) is 13.2 Å². The van der Waals surface area contributed by atoms with E-state index in [9.17, 15) is 4.79 Å². The lowest BCUT2D eigenvalue weighted by Crippen LogP contribution is -2.23. The molecule has 20 heavy (non-hydrogen) atoms. The fourth-order valence-electron chi connectivity index (χ4n) is 1.60. The van der Waals surface area contributed by atoms with E-state index in [0.717, 1.165) is 15.6 Å². The first-order valence-corrected chi connectivity index (χ1v) is 7.21. The number of carbonyl (C=O) groups excluding carboxylic acids is 1. The molecule has 2 aromatic carbocycles. The van der Waals surface area contributed by atoms with E-state index in [1.165, 1.54) is 0 Å². The van der Waals surface area contributed by atoms with Crippen molar-refractivity contribution < 1.29 is 9.53 Å². The summed E-state index contributed by atoms with van der Waals surface area (Å²) < 4.78 is 5.92. The highest BCUT2D eigenvalue weighted by atomic mass is 79.9. The average molecular weight is 355 g/mol. The first kappa shape index (κ1) is 14.9. The number of halogens is 2. The van der Waals surface area contributed by atoms with Crippen LogP contribution in [0.25, 0.3) is 0 Å². The van der Waals surface area contributed by atoms with E-state index in [1.807, 2.05) is 42.5 Å². The molecular formula is C15H13BrClNO2. The van der Waals surface area contributed by atoms with Crippen molar-refractivity contribution >= 4 is 33.6 Å². The number of rotatable bonds is 4. The molecule has 2 aromatic rings. The van der Waals surface area contributed by atoms with Gasteiger partial charge in [0, 0.05) is 11.0 Å². The summed E-state index contributed by atoms with van der Waals surface area (Å²) in [6, 6.07) is 15.0. The molecule has 5 heteroatoms. The molecule has 0 heterocycles. The molecule has 0 aromatic heterocycles. The summed E-state index contributed by atoms with van der Waals surface area (Å²) in [5.41, 5.74) is 1.90. The highest BCUT2D eigenvalue weighted by Crippen LogP contribution is 2.23. The van der Waals surface area contributed by atoms with Crippen molar-refractivity contribution in [1.29, 1.82) is 0 Å². The smallest absolute Gasteiger partial charge is 0.407 e. The Bertz CT molecular complexity index is 590. The molecule has 0 aliphatic heterocycles. The molecule has 1 N–H and O–H groups in total. The van der Waals surface area contributed by atoms with Crippen LogP contribution in [-0.4, -0.2) is 6.09 Å². The van der Waals surface area contributed by atoms with Crippen molar-refractivity contribution in [1.82, 2.24) is 5.32 Å². The molecule has 0 atom stereocenters. The first-order valence-electron chi connectivity index (χ1n) is 6.03. The van der Waals surface area contributed by atoms with Crippen LogP contribution in [-0.2, 0) is 17.9 Å². The Balaban J connectivity index is 1.79. The van der Waals surface area contributed by atoms with E-state index < -0.39 is 6.09 Å². The molecule has 0 radical (unpaired) electrons. The maximum Gasteiger partial charge on any atom is 0.407 e. The van der Waals surface area contributed by atoms with Crippen LogP contribution in [0.2, 0.25) is 5.02 Å². The van der Waals surface area contributed by atoms with Crippen LogP contribution < -0.4 is 5.32 Å². The molecule has 0 unspecified atom stereocenters. The Morgan fingerprint density at radius 3 is 2.60 bits per heavy atom. The Morgan fingerprint density at radius 2 is 1.90 bits per heavy atom. The summed E-state index contributed by atoms with van der Waals surface area (Å²) in [5, 5.41) is 3.33. The molecule has 0 saturated carbocycles. The van der Waals surface area contributed by atoms with E-state index >= 15 is 0 Å². The molecule has 0 aliphatic carbocycles. The van der Waals surface area contributed by atoms with Gasteiger partial charge in [0.15, 0.2) is 0 Å². The Labute approximate surface area is 131 Å². The SMILES string of the molecule is O=C(NCc1ccc(Cl)c(Br)c1)OCc1ccccc1. The Kier molecular flexibility index (Phi) is 5.44. The zero-order valence-corrected chi connectivity index (χ0v) is 12.9. The maximum absolute atomic E-state index is 11.6. The molecule has 3 nitrogen and oxygen atoms in total. The lowest BCUT2D eigenvalue weighted by molar-refractivity contribution is 0.139. The normalized spacial score (nSPS) is 10.1. The fraction of sp³-hybridized carbons (Fsp3) is 0.133. The predicted octanol–water partition coefficient (Wildman–Crippen LogP) is 4.53. The fourth-order valence-corrected chi connectivity index (χ4v) is 2.14. The third-order valence-electron chi connectivity index (χ3n) is 2.63. The van der Waals surface area contributed by atoms with Gasteiger partial charge in [-0.25, -0.2) is 4.79 Å². The molecule has 0 saturated heterocycles. The molecule has 0 aliphatic rings. The highest BCUT2D eigenvalue weighted by Gasteiger charge is 2.04. The van der Waals surface area contributed by atoms with Gasteiger partial charge in [0.1, 0.15) is 6.61 Å². The van der Waals surface area contributed by atoms with Crippen molar-refractivity contribution in [2.24, 2.45) is 0 Å². The van der Waals surface area contributed by atoms with Crippen LogP contribution in [0.5, 0.6) is 0 Å². The van der Waals surface area contributed by atoms with Crippen LogP contribution in [0.15, 0.2) is 53.0 Å². The highest BCUT2D eigenvalue weighted by molar-refractivity contribution is 9.10. The summed E-state index contributed by atoms with van der Waals surface area (Å²) in [4.78, 5) is 11.6. The lowest BCUT2D eigenvalue weighted by Gasteiger charge is -2.08. The minimum Gasteiger partial charge on any atom is -0.445 e. The van der Waals surface area contributed by atoms with Gasteiger partial charge in [0.05, 0.1) is 5.02 Å². The predicted molar refractivity (Wildman–Crippen MR) is 82.6 cm³/mol. The number of ether oxygens (including phenoxy) is 1. The lowest BCUT2D eigenvalue weighted by atomic mass is 10.2. The van der Waals surface area contributed by atoms with Gasteiger partial charge in [-0.05, 0) is 39.2 Å². The van der Waals surface area contributed by atoms with Gasteiger partial charge >= 0.3 is 6.09 Å². The van der Waals surface area contributed by atoms with Gasteiger partial charge in [0.2, 0.25) is 0 Å². The van der Waals surface area contributed by atoms with Crippen molar-refractivity contribution in [2.75, 3.05) is 0 Å². The van der Waals surface area contributed by atoms with Crippen LogP contribution in [0, 0.1) is 0 Å². The van der Waals surface area contributed by atoms with Crippen molar-refractivity contribution in [3.05, 3.63) is 69.2 Å². The zero-order valence-electron chi connectivity index (χ0n) is 10.6. The minimum atomic E-state index is -0.445. The Hall–Kier alpha value is -1.52. The Morgan fingerprint density at radius 1 is 1.15 bits per heavy atom. The summed E-state index contributed by atoms with van der Waals surface area (Å²) in [6.07, 6.45) is -0.445. The second kappa shape index (κ2) is 7.31. The van der Waals surface area contributed by atoms with Gasteiger partial charge in [-0.15, -0.1) is 0 Å². The van der Waals surface area contributed by atoms with E-state index in [4.69, 9.17) is 16.3 Å². The topological polar surface area (TPSA) is 38.3 Å². The second-order valence-electron chi connectivity index (χ2n) is 4.16. The van der Waals surface area contributed by atoms with Crippen LogP contribution in [0.3, 0.4) is 0 Å². The first-order chi connectivity index (χ1) is 9.65. The molecule has 0 bridgehead atoms. The summed E-state index contributed by atoms with van der Waals surface area (Å²) in [7, 11) is 0. The number of hydrogen-bond acceptors (Lipinski definition) is 2. The molecule has 1 amide bonds. The van der Waals surface area contributed by atoms with Crippen LogP contribution in [0.1, 0.15) is 11.1 Å². The molecule has 0 spiro atoms. The maximum atomic E-state index is 11.6. The van der Waals surface area contributed by atoms with E-state index in [1.54, 1.807) is 6.07 Å². The quantitative estimate of drug-likeness (QED) is 0.876. The zero-order chi connectivity index (χ0) is 14.4.